The predicted octanol–water partition coefficient (Wildman–Crippen LogP) is 4.95. The molecule has 0 aliphatic rings. The van der Waals surface area contributed by atoms with E-state index in [9.17, 15) is 0 Å². The summed E-state index contributed by atoms with van der Waals surface area (Å²) < 4.78 is 0. The van der Waals surface area contributed by atoms with E-state index < -0.39 is 0 Å². The maximum absolute atomic E-state index is 6.16. The van der Waals surface area contributed by atoms with Gasteiger partial charge in [-0.3, -0.25) is 0 Å². The second kappa shape index (κ2) is 8.16. The Labute approximate surface area is 142 Å². The summed E-state index contributed by atoms with van der Waals surface area (Å²) in [6.07, 6.45) is 1.95. The van der Waals surface area contributed by atoms with Gasteiger partial charge in [-0.15, -0.1) is 0 Å². The van der Waals surface area contributed by atoms with Crippen molar-refractivity contribution in [3.63, 3.8) is 0 Å². The van der Waals surface area contributed by atoms with Gasteiger partial charge in [0.2, 0.25) is 0 Å². The molecule has 0 saturated carbocycles. The van der Waals surface area contributed by atoms with E-state index in [1.165, 1.54) is 11.1 Å². The number of benzene rings is 2. The van der Waals surface area contributed by atoms with Gasteiger partial charge < -0.3 is 10.6 Å². The van der Waals surface area contributed by atoms with Crippen LogP contribution in [0, 0.1) is 0 Å². The number of anilines is 1. The molecule has 0 unspecified atom stereocenters. The standard InChI is InChI=1S/C18H21ClN2S/c1-3-13-9-7-10-14(4-2)17(13)21-18(22)20-12-15-8-5-6-11-16(15)19/h5-11H,3-4,12H2,1-2H3,(H2,20,21,22). The zero-order chi connectivity index (χ0) is 15.9. The van der Waals surface area contributed by atoms with Crippen LogP contribution in [0.3, 0.4) is 0 Å². The number of nitrogens with one attached hydrogen (secondary N) is 2. The van der Waals surface area contributed by atoms with Crippen molar-refractivity contribution in [2.24, 2.45) is 0 Å². The summed E-state index contributed by atoms with van der Waals surface area (Å²) in [7, 11) is 0. The fraction of sp³-hybridized carbons (Fsp3) is 0.278. The molecule has 0 heterocycles. The van der Waals surface area contributed by atoms with Gasteiger partial charge in [-0.25, -0.2) is 0 Å². The van der Waals surface area contributed by atoms with Crippen LogP contribution in [0.1, 0.15) is 30.5 Å². The highest BCUT2D eigenvalue weighted by Gasteiger charge is 2.08. The van der Waals surface area contributed by atoms with Crippen molar-refractivity contribution in [1.29, 1.82) is 0 Å². The Morgan fingerprint density at radius 3 is 2.14 bits per heavy atom. The van der Waals surface area contributed by atoms with E-state index in [1.807, 2.05) is 24.3 Å². The van der Waals surface area contributed by atoms with Crippen LogP contribution in [0.2, 0.25) is 5.02 Å². The topological polar surface area (TPSA) is 24.1 Å². The third-order valence-corrected chi connectivity index (χ3v) is 4.25. The molecular formula is C18H21ClN2S. The van der Waals surface area contributed by atoms with Crippen LogP contribution in [0.4, 0.5) is 5.69 Å². The van der Waals surface area contributed by atoms with Crippen molar-refractivity contribution in [3.05, 3.63) is 64.2 Å². The van der Waals surface area contributed by atoms with Crippen molar-refractivity contribution >= 4 is 34.6 Å². The summed E-state index contributed by atoms with van der Waals surface area (Å²) in [5.41, 5.74) is 4.72. The van der Waals surface area contributed by atoms with Gasteiger partial charge in [0.25, 0.3) is 0 Å². The van der Waals surface area contributed by atoms with E-state index in [2.05, 4.69) is 42.7 Å². The van der Waals surface area contributed by atoms with Gasteiger partial charge >= 0.3 is 0 Å². The molecule has 2 nitrogen and oxygen atoms in total. The van der Waals surface area contributed by atoms with E-state index in [1.54, 1.807) is 0 Å². The van der Waals surface area contributed by atoms with Gasteiger partial charge in [0.15, 0.2) is 5.11 Å². The van der Waals surface area contributed by atoms with E-state index in [0.717, 1.165) is 29.1 Å². The quantitative estimate of drug-likeness (QED) is 0.757. The smallest absolute Gasteiger partial charge is 0.171 e. The molecule has 2 rings (SSSR count). The van der Waals surface area contributed by atoms with Crippen LogP contribution in [0.25, 0.3) is 0 Å². The van der Waals surface area contributed by atoms with Gasteiger partial charge in [-0.05, 0) is 47.8 Å². The maximum Gasteiger partial charge on any atom is 0.171 e. The van der Waals surface area contributed by atoms with Crippen LogP contribution < -0.4 is 10.6 Å². The Bertz CT molecular complexity index is 633. The number of para-hydroxylation sites is 1. The number of hydrogen-bond acceptors (Lipinski definition) is 1. The largest absolute Gasteiger partial charge is 0.358 e. The first-order chi connectivity index (χ1) is 10.7. The monoisotopic (exact) mass is 332 g/mol. The van der Waals surface area contributed by atoms with Crippen molar-refractivity contribution in [1.82, 2.24) is 5.32 Å². The lowest BCUT2D eigenvalue weighted by Gasteiger charge is -2.17. The van der Waals surface area contributed by atoms with Gasteiger partial charge in [-0.1, -0.05) is 61.8 Å². The molecule has 0 radical (unpaired) electrons. The van der Waals surface area contributed by atoms with E-state index >= 15 is 0 Å². The minimum absolute atomic E-state index is 0.612. The number of halogens is 1. The first-order valence-corrected chi connectivity index (χ1v) is 8.33. The molecule has 0 amide bonds. The average Bonchev–Trinajstić information content (AvgIpc) is 2.54. The van der Waals surface area contributed by atoms with E-state index in [4.69, 9.17) is 23.8 Å². The van der Waals surface area contributed by atoms with Crippen LogP contribution in [0.15, 0.2) is 42.5 Å². The van der Waals surface area contributed by atoms with Crippen molar-refractivity contribution in [2.45, 2.75) is 33.2 Å². The molecule has 0 aliphatic heterocycles. The Balaban J connectivity index is 2.05. The second-order valence-electron chi connectivity index (χ2n) is 5.06. The molecule has 0 fully saturated rings. The highest BCUT2D eigenvalue weighted by atomic mass is 35.5. The van der Waals surface area contributed by atoms with Gasteiger partial charge in [0.1, 0.15) is 0 Å². The summed E-state index contributed by atoms with van der Waals surface area (Å²) in [4.78, 5) is 0. The summed E-state index contributed by atoms with van der Waals surface area (Å²) in [5.74, 6) is 0. The first-order valence-electron chi connectivity index (χ1n) is 7.54. The maximum atomic E-state index is 6.16. The van der Waals surface area contributed by atoms with E-state index in [-0.39, 0.29) is 0 Å². The third-order valence-electron chi connectivity index (χ3n) is 3.63. The molecule has 0 atom stereocenters. The van der Waals surface area contributed by atoms with Gasteiger partial charge in [-0.2, -0.15) is 0 Å². The summed E-state index contributed by atoms with van der Waals surface area (Å²) in [5, 5.41) is 7.95. The molecule has 0 spiro atoms. The summed E-state index contributed by atoms with van der Waals surface area (Å²) in [6, 6.07) is 14.2. The van der Waals surface area contributed by atoms with Crippen LogP contribution in [-0.4, -0.2) is 5.11 Å². The third kappa shape index (κ3) is 4.21. The van der Waals surface area contributed by atoms with Crippen molar-refractivity contribution in [2.75, 3.05) is 5.32 Å². The molecule has 2 N–H and O–H groups in total. The average molecular weight is 333 g/mol. The van der Waals surface area contributed by atoms with Crippen molar-refractivity contribution in [3.8, 4) is 0 Å². The minimum atomic E-state index is 0.612. The fourth-order valence-corrected chi connectivity index (χ4v) is 2.75. The number of thiocarbonyl (C=S) groups is 1. The lowest BCUT2D eigenvalue weighted by atomic mass is 10.0. The Hall–Kier alpha value is -1.58. The molecule has 0 aromatic heterocycles. The van der Waals surface area contributed by atoms with Crippen LogP contribution in [0.5, 0.6) is 0 Å². The molecule has 0 saturated heterocycles. The fourth-order valence-electron chi connectivity index (χ4n) is 2.38. The molecule has 116 valence electrons. The zero-order valence-electron chi connectivity index (χ0n) is 12.9. The van der Waals surface area contributed by atoms with Gasteiger partial charge in [0, 0.05) is 17.3 Å². The number of hydrogen-bond donors (Lipinski definition) is 2. The summed E-state index contributed by atoms with van der Waals surface area (Å²) >= 11 is 11.6. The highest BCUT2D eigenvalue weighted by molar-refractivity contribution is 7.80. The highest BCUT2D eigenvalue weighted by Crippen LogP contribution is 2.22. The lowest BCUT2D eigenvalue weighted by molar-refractivity contribution is 0.925. The van der Waals surface area contributed by atoms with Crippen LogP contribution in [-0.2, 0) is 19.4 Å². The molecule has 2 aromatic rings. The summed E-state index contributed by atoms with van der Waals surface area (Å²) in [6.45, 7) is 4.92. The van der Waals surface area contributed by atoms with Crippen LogP contribution >= 0.6 is 23.8 Å². The van der Waals surface area contributed by atoms with Gasteiger partial charge in [0.05, 0.1) is 0 Å². The van der Waals surface area contributed by atoms with E-state index in [0.29, 0.717) is 11.7 Å². The first kappa shape index (κ1) is 16.8. The van der Waals surface area contributed by atoms with Crippen molar-refractivity contribution < 1.29 is 0 Å². The number of rotatable bonds is 5. The minimum Gasteiger partial charge on any atom is -0.358 e. The molecule has 0 aliphatic carbocycles. The molecule has 4 heteroatoms. The predicted molar refractivity (Wildman–Crippen MR) is 99.7 cm³/mol. The normalized spacial score (nSPS) is 10.3. The second-order valence-corrected chi connectivity index (χ2v) is 5.87. The molecular weight excluding hydrogens is 312 g/mol. The molecule has 22 heavy (non-hydrogen) atoms. The zero-order valence-corrected chi connectivity index (χ0v) is 14.5. The Kier molecular flexibility index (Phi) is 6.22. The Morgan fingerprint density at radius 2 is 1.55 bits per heavy atom. The number of aryl methyl sites for hydroxylation is 2. The Morgan fingerprint density at radius 1 is 0.955 bits per heavy atom. The molecule has 0 bridgehead atoms. The molecule has 2 aromatic carbocycles. The SMILES string of the molecule is CCc1cccc(CC)c1NC(=S)NCc1ccccc1Cl. The lowest BCUT2D eigenvalue weighted by Crippen LogP contribution is -2.29.